The Morgan fingerprint density at radius 2 is 1.73 bits per heavy atom. The number of hydrogen-bond acceptors (Lipinski definition) is 4. The smallest absolute Gasteiger partial charge is 0.261 e. The van der Waals surface area contributed by atoms with Gasteiger partial charge in [-0.15, -0.1) is 22.7 Å². The molecule has 4 nitrogen and oxygen atoms in total. The Morgan fingerprint density at radius 1 is 0.962 bits per heavy atom. The highest BCUT2D eigenvalue weighted by Crippen LogP contribution is 2.39. The van der Waals surface area contributed by atoms with E-state index in [1.54, 1.807) is 17.4 Å². The van der Waals surface area contributed by atoms with E-state index in [2.05, 4.69) is 38.7 Å². The average Bonchev–Trinajstić information content (AvgIpc) is 3.19. The summed E-state index contributed by atoms with van der Waals surface area (Å²) in [6.45, 7) is -0.0769. The van der Waals surface area contributed by atoms with Crippen molar-refractivity contribution >= 4 is 75.6 Å². The number of anilines is 1. The lowest BCUT2D eigenvalue weighted by molar-refractivity contribution is -0.115. The van der Waals surface area contributed by atoms with Crippen LogP contribution >= 0.6 is 38.6 Å². The van der Waals surface area contributed by atoms with Gasteiger partial charge in [-0.2, -0.15) is 0 Å². The van der Waals surface area contributed by atoms with Crippen molar-refractivity contribution in [1.29, 1.82) is 0 Å². The minimum absolute atomic E-state index is 0.0769. The Bertz CT molecular complexity index is 1130. The Balaban J connectivity index is 1.44. The van der Waals surface area contributed by atoms with Crippen LogP contribution in [0.2, 0.25) is 0 Å². The SMILES string of the molecule is O=C(CNC(=O)c1cc2sc3ccccc3c2s1)Nc1ccccc1Br. The second-order valence-corrected chi connectivity index (χ2v) is 8.60. The summed E-state index contributed by atoms with van der Waals surface area (Å²) in [6.07, 6.45) is 0. The second-order valence-electron chi connectivity index (χ2n) is 5.61. The lowest BCUT2D eigenvalue weighted by Crippen LogP contribution is -2.32. The number of thiophene rings is 2. The number of benzene rings is 2. The van der Waals surface area contributed by atoms with Crippen LogP contribution in [0.3, 0.4) is 0 Å². The molecule has 0 aliphatic heterocycles. The van der Waals surface area contributed by atoms with Crippen LogP contribution < -0.4 is 10.6 Å². The predicted molar refractivity (Wildman–Crippen MR) is 112 cm³/mol. The number of para-hydroxylation sites is 1. The third kappa shape index (κ3) is 3.38. The maximum atomic E-state index is 12.4. The zero-order chi connectivity index (χ0) is 18.1. The topological polar surface area (TPSA) is 58.2 Å². The average molecular weight is 445 g/mol. The molecule has 2 aromatic carbocycles. The number of carbonyl (C=O) groups excluding carboxylic acids is 2. The van der Waals surface area contributed by atoms with Gasteiger partial charge in [0.05, 0.1) is 21.8 Å². The van der Waals surface area contributed by atoms with Gasteiger partial charge in [-0.1, -0.05) is 30.3 Å². The fourth-order valence-electron chi connectivity index (χ4n) is 2.62. The van der Waals surface area contributed by atoms with Gasteiger partial charge in [-0.3, -0.25) is 9.59 Å². The Hall–Kier alpha value is -2.22. The van der Waals surface area contributed by atoms with Crippen molar-refractivity contribution in [3.05, 3.63) is 63.9 Å². The van der Waals surface area contributed by atoms with Crippen LogP contribution in [0.1, 0.15) is 9.67 Å². The summed E-state index contributed by atoms with van der Waals surface area (Å²) in [5.41, 5.74) is 0.676. The molecular weight excluding hydrogens is 432 g/mol. The molecule has 7 heteroatoms. The van der Waals surface area contributed by atoms with Crippen LogP contribution in [0.25, 0.3) is 19.5 Å². The molecule has 0 saturated carbocycles. The quantitative estimate of drug-likeness (QED) is 0.451. The van der Waals surface area contributed by atoms with E-state index in [-0.39, 0.29) is 18.4 Å². The number of amides is 2. The van der Waals surface area contributed by atoms with Gasteiger partial charge in [0.25, 0.3) is 5.91 Å². The lowest BCUT2D eigenvalue weighted by atomic mass is 10.2. The number of nitrogens with one attached hydrogen (secondary N) is 2. The molecule has 4 rings (SSSR count). The maximum Gasteiger partial charge on any atom is 0.261 e. The van der Waals surface area contributed by atoms with E-state index in [0.29, 0.717) is 10.6 Å². The fourth-order valence-corrected chi connectivity index (χ4v) is 5.44. The molecule has 2 amide bonds. The molecule has 2 N–H and O–H groups in total. The van der Waals surface area contributed by atoms with Crippen molar-refractivity contribution in [3.8, 4) is 0 Å². The largest absolute Gasteiger partial charge is 0.342 e. The van der Waals surface area contributed by atoms with Gasteiger partial charge in [0.15, 0.2) is 0 Å². The van der Waals surface area contributed by atoms with Crippen molar-refractivity contribution in [2.24, 2.45) is 0 Å². The molecule has 130 valence electrons. The van der Waals surface area contributed by atoms with E-state index in [0.717, 1.165) is 13.9 Å². The van der Waals surface area contributed by atoms with Crippen molar-refractivity contribution in [1.82, 2.24) is 5.32 Å². The van der Waals surface area contributed by atoms with Crippen molar-refractivity contribution in [3.63, 3.8) is 0 Å². The molecule has 0 saturated heterocycles. The molecule has 0 spiro atoms. The van der Waals surface area contributed by atoms with Gasteiger partial charge in [0, 0.05) is 19.3 Å². The van der Waals surface area contributed by atoms with Gasteiger partial charge < -0.3 is 10.6 Å². The summed E-state index contributed by atoms with van der Waals surface area (Å²) in [5, 5.41) is 6.62. The van der Waals surface area contributed by atoms with Crippen LogP contribution in [0, 0.1) is 0 Å². The minimum atomic E-state index is -0.269. The number of fused-ring (bicyclic) bond motifs is 3. The molecule has 0 fully saturated rings. The van der Waals surface area contributed by atoms with Crippen LogP contribution in [-0.2, 0) is 4.79 Å². The van der Waals surface area contributed by atoms with Crippen LogP contribution in [0.4, 0.5) is 5.69 Å². The van der Waals surface area contributed by atoms with Crippen LogP contribution in [-0.4, -0.2) is 18.4 Å². The van der Waals surface area contributed by atoms with Gasteiger partial charge in [-0.25, -0.2) is 0 Å². The van der Waals surface area contributed by atoms with E-state index in [1.165, 1.54) is 21.4 Å². The Labute approximate surface area is 166 Å². The first kappa shape index (κ1) is 17.2. The molecule has 0 atom stereocenters. The molecule has 0 radical (unpaired) electrons. The van der Waals surface area contributed by atoms with Crippen LogP contribution in [0.5, 0.6) is 0 Å². The third-order valence-electron chi connectivity index (χ3n) is 3.83. The highest BCUT2D eigenvalue weighted by Gasteiger charge is 2.15. The van der Waals surface area contributed by atoms with Crippen molar-refractivity contribution < 1.29 is 9.59 Å². The van der Waals surface area contributed by atoms with E-state index < -0.39 is 0 Å². The summed E-state index contributed by atoms with van der Waals surface area (Å²) in [5.74, 6) is -0.501. The molecule has 0 aliphatic carbocycles. The predicted octanol–water partition coefficient (Wildman–Crippen LogP) is 5.25. The normalized spacial score (nSPS) is 11.0. The number of carbonyl (C=O) groups is 2. The lowest BCUT2D eigenvalue weighted by Gasteiger charge is -2.07. The highest BCUT2D eigenvalue weighted by atomic mass is 79.9. The fraction of sp³-hybridized carbons (Fsp3) is 0.0526. The first-order chi connectivity index (χ1) is 12.6. The summed E-state index contributed by atoms with van der Waals surface area (Å²) in [7, 11) is 0. The monoisotopic (exact) mass is 444 g/mol. The summed E-state index contributed by atoms with van der Waals surface area (Å²) >= 11 is 6.51. The van der Waals surface area contributed by atoms with Gasteiger partial charge >= 0.3 is 0 Å². The molecular formula is C19H13BrN2O2S2. The van der Waals surface area contributed by atoms with Crippen molar-refractivity contribution in [2.75, 3.05) is 11.9 Å². The Morgan fingerprint density at radius 3 is 2.58 bits per heavy atom. The van der Waals surface area contributed by atoms with Crippen molar-refractivity contribution in [2.45, 2.75) is 0 Å². The van der Waals surface area contributed by atoms with E-state index >= 15 is 0 Å². The number of hydrogen-bond donors (Lipinski definition) is 2. The summed E-state index contributed by atoms with van der Waals surface area (Å²) in [6, 6.07) is 17.4. The first-order valence-electron chi connectivity index (χ1n) is 7.85. The zero-order valence-corrected chi connectivity index (χ0v) is 16.6. The molecule has 0 unspecified atom stereocenters. The second kappa shape index (κ2) is 7.19. The zero-order valence-electron chi connectivity index (χ0n) is 13.4. The van der Waals surface area contributed by atoms with Gasteiger partial charge in [0.1, 0.15) is 0 Å². The molecule has 2 heterocycles. The number of halogens is 1. The third-order valence-corrected chi connectivity index (χ3v) is 6.94. The molecule has 4 aromatic rings. The summed E-state index contributed by atoms with van der Waals surface area (Å²) in [4.78, 5) is 25.1. The molecule has 2 aromatic heterocycles. The molecule has 0 bridgehead atoms. The van der Waals surface area contributed by atoms with E-state index in [4.69, 9.17) is 0 Å². The first-order valence-corrected chi connectivity index (χ1v) is 10.3. The van der Waals surface area contributed by atoms with E-state index in [9.17, 15) is 9.59 Å². The minimum Gasteiger partial charge on any atom is -0.342 e. The Kier molecular flexibility index (Phi) is 4.76. The summed E-state index contributed by atoms with van der Waals surface area (Å²) < 4.78 is 4.23. The standard InChI is InChI=1S/C19H13BrN2O2S2/c20-12-6-2-3-7-13(12)22-17(23)10-21-19(24)16-9-15-18(26-16)11-5-1-4-8-14(11)25-15/h1-9H,10H2,(H,21,24)(H,22,23). The number of rotatable bonds is 4. The maximum absolute atomic E-state index is 12.4. The molecule has 0 aliphatic rings. The van der Waals surface area contributed by atoms with Gasteiger partial charge in [0.2, 0.25) is 5.91 Å². The van der Waals surface area contributed by atoms with Crippen LogP contribution in [0.15, 0.2) is 59.1 Å². The highest BCUT2D eigenvalue weighted by molar-refractivity contribution is 9.10. The molecule has 26 heavy (non-hydrogen) atoms. The van der Waals surface area contributed by atoms with Gasteiger partial charge in [-0.05, 0) is 40.2 Å². The van der Waals surface area contributed by atoms with E-state index in [1.807, 2.05) is 36.4 Å².